The number of halogens is 1. The van der Waals surface area contributed by atoms with Crippen molar-refractivity contribution in [2.75, 3.05) is 13.7 Å². The first-order valence-electron chi connectivity index (χ1n) is 6.68. The summed E-state index contributed by atoms with van der Waals surface area (Å²) in [5.41, 5.74) is 2.34. The van der Waals surface area contributed by atoms with Gasteiger partial charge in [-0.05, 0) is 32.2 Å². The van der Waals surface area contributed by atoms with Crippen molar-refractivity contribution >= 4 is 15.9 Å². The number of aromatic nitrogens is 2. The molecule has 1 N–H and O–H groups in total. The van der Waals surface area contributed by atoms with E-state index in [-0.39, 0.29) is 6.04 Å². The van der Waals surface area contributed by atoms with Gasteiger partial charge in [0.1, 0.15) is 5.75 Å². The maximum atomic E-state index is 5.96. The Bertz CT molecular complexity index is 568. The van der Waals surface area contributed by atoms with Crippen LogP contribution < -0.4 is 10.1 Å². The van der Waals surface area contributed by atoms with Crippen molar-refractivity contribution in [3.8, 4) is 5.75 Å². The van der Waals surface area contributed by atoms with E-state index in [4.69, 9.17) is 4.74 Å². The third-order valence-electron chi connectivity index (χ3n) is 3.41. The van der Waals surface area contributed by atoms with Crippen LogP contribution in [0.2, 0.25) is 0 Å². The molecule has 0 aliphatic rings. The third-order valence-corrected chi connectivity index (χ3v) is 3.91. The lowest BCUT2D eigenvalue weighted by Gasteiger charge is -2.17. The van der Waals surface area contributed by atoms with Crippen LogP contribution >= 0.6 is 15.9 Å². The zero-order valence-electron chi connectivity index (χ0n) is 12.1. The number of ether oxygens (including phenoxy) is 1. The number of hydrogen-bond acceptors (Lipinski definition) is 3. The van der Waals surface area contributed by atoms with Gasteiger partial charge < -0.3 is 10.1 Å². The number of rotatable bonds is 6. The summed E-state index contributed by atoms with van der Waals surface area (Å²) < 4.78 is 8.86. The molecule has 5 heteroatoms. The maximum Gasteiger partial charge on any atom is 0.125 e. The normalized spacial score (nSPS) is 12.4. The second-order valence-electron chi connectivity index (χ2n) is 4.74. The van der Waals surface area contributed by atoms with E-state index in [1.165, 1.54) is 11.3 Å². The van der Waals surface area contributed by atoms with Gasteiger partial charge in [0.05, 0.1) is 6.61 Å². The highest BCUT2D eigenvalue weighted by Gasteiger charge is 2.11. The molecular formula is C15H20BrN3O. The number of hydrogen-bond donors (Lipinski definition) is 1. The molecule has 0 bridgehead atoms. The van der Waals surface area contributed by atoms with Gasteiger partial charge in [-0.2, -0.15) is 5.10 Å². The molecule has 1 aromatic carbocycles. The van der Waals surface area contributed by atoms with E-state index in [0.717, 1.165) is 16.6 Å². The Morgan fingerprint density at radius 1 is 1.40 bits per heavy atom. The molecule has 0 radical (unpaired) electrons. The Hall–Kier alpha value is -1.33. The van der Waals surface area contributed by atoms with Gasteiger partial charge >= 0.3 is 0 Å². The Morgan fingerprint density at radius 3 is 2.85 bits per heavy atom. The van der Waals surface area contributed by atoms with Crippen LogP contribution in [0.15, 0.2) is 34.9 Å². The second-order valence-corrected chi connectivity index (χ2v) is 5.65. The summed E-state index contributed by atoms with van der Waals surface area (Å²) in [4.78, 5) is 0. The van der Waals surface area contributed by atoms with Gasteiger partial charge in [-0.3, -0.25) is 4.68 Å². The SMILES string of the molecule is CNC(C)c1ccc(Br)cc1OCCc1ccnn1C. The highest BCUT2D eigenvalue weighted by atomic mass is 79.9. The van der Waals surface area contributed by atoms with Crippen LogP contribution in [0.3, 0.4) is 0 Å². The van der Waals surface area contributed by atoms with Gasteiger partial charge in [0, 0.05) is 41.4 Å². The van der Waals surface area contributed by atoms with Gasteiger partial charge in [-0.15, -0.1) is 0 Å². The summed E-state index contributed by atoms with van der Waals surface area (Å²) >= 11 is 3.50. The number of benzene rings is 1. The average Bonchev–Trinajstić information content (AvgIpc) is 2.84. The highest BCUT2D eigenvalue weighted by Crippen LogP contribution is 2.28. The Morgan fingerprint density at radius 2 is 2.20 bits per heavy atom. The topological polar surface area (TPSA) is 39.1 Å². The van der Waals surface area contributed by atoms with Crippen LogP contribution in [0.25, 0.3) is 0 Å². The highest BCUT2D eigenvalue weighted by molar-refractivity contribution is 9.10. The molecule has 20 heavy (non-hydrogen) atoms. The summed E-state index contributed by atoms with van der Waals surface area (Å²) in [6, 6.07) is 8.42. The fraction of sp³-hybridized carbons (Fsp3) is 0.400. The first kappa shape index (κ1) is 15.1. The first-order valence-corrected chi connectivity index (χ1v) is 7.47. The molecule has 0 amide bonds. The number of aryl methyl sites for hydroxylation is 1. The monoisotopic (exact) mass is 337 g/mol. The van der Waals surface area contributed by atoms with Crippen molar-refractivity contribution < 1.29 is 4.74 Å². The van der Waals surface area contributed by atoms with Crippen LogP contribution in [0.5, 0.6) is 5.75 Å². The molecule has 1 aromatic heterocycles. The van der Waals surface area contributed by atoms with Crippen molar-refractivity contribution in [1.82, 2.24) is 15.1 Å². The summed E-state index contributed by atoms with van der Waals surface area (Å²) in [5, 5.41) is 7.40. The predicted octanol–water partition coefficient (Wildman–Crippen LogP) is 3.08. The fourth-order valence-corrected chi connectivity index (χ4v) is 2.40. The largest absolute Gasteiger partial charge is 0.493 e. The minimum Gasteiger partial charge on any atom is -0.493 e. The van der Waals surface area contributed by atoms with Crippen molar-refractivity contribution in [3.63, 3.8) is 0 Å². The molecule has 1 unspecified atom stereocenters. The number of nitrogens with one attached hydrogen (secondary N) is 1. The lowest BCUT2D eigenvalue weighted by molar-refractivity contribution is 0.312. The molecule has 0 spiro atoms. The Labute approximate surface area is 128 Å². The quantitative estimate of drug-likeness (QED) is 0.880. The van der Waals surface area contributed by atoms with Crippen LogP contribution in [-0.2, 0) is 13.5 Å². The molecule has 0 saturated carbocycles. The van der Waals surface area contributed by atoms with Crippen molar-refractivity contribution in [3.05, 3.63) is 46.2 Å². The van der Waals surface area contributed by atoms with Crippen LogP contribution in [0.1, 0.15) is 24.2 Å². The van der Waals surface area contributed by atoms with E-state index in [9.17, 15) is 0 Å². The summed E-state index contributed by atoms with van der Waals surface area (Å²) in [6.45, 7) is 2.76. The minimum atomic E-state index is 0.259. The zero-order valence-corrected chi connectivity index (χ0v) is 13.6. The summed E-state index contributed by atoms with van der Waals surface area (Å²) in [5.74, 6) is 0.920. The predicted molar refractivity (Wildman–Crippen MR) is 84.0 cm³/mol. The van der Waals surface area contributed by atoms with Crippen LogP contribution in [-0.4, -0.2) is 23.4 Å². The molecule has 0 aliphatic carbocycles. The van der Waals surface area contributed by atoms with Crippen molar-refractivity contribution in [1.29, 1.82) is 0 Å². The van der Waals surface area contributed by atoms with Gasteiger partial charge in [0.25, 0.3) is 0 Å². The van der Waals surface area contributed by atoms with Crippen LogP contribution in [0.4, 0.5) is 0 Å². The maximum absolute atomic E-state index is 5.96. The molecule has 2 rings (SSSR count). The molecule has 4 nitrogen and oxygen atoms in total. The second kappa shape index (κ2) is 6.90. The van der Waals surface area contributed by atoms with E-state index < -0.39 is 0 Å². The number of nitrogens with zero attached hydrogens (tertiary/aromatic N) is 2. The minimum absolute atomic E-state index is 0.259. The van der Waals surface area contributed by atoms with Gasteiger partial charge in [0.2, 0.25) is 0 Å². The van der Waals surface area contributed by atoms with E-state index in [1.807, 2.05) is 43.2 Å². The molecule has 0 aliphatic heterocycles. The zero-order chi connectivity index (χ0) is 14.5. The molecular weight excluding hydrogens is 318 g/mol. The lowest BCUT2D eigenvalue weighted by atomic mass is 10.1. The molecule has 2 aromatic rings. The van der Waals surface area contributed by atoms with Crippen molar-refractivity contribution in [2.24, 2.45) is 7.05 Å². The van der Waals surface area contributed by atoms with E-state index in [0.29, 0.717) is 6.61 Å². The lowest BCUT2D eigenvalue weighted by Crippen LogP contribution is -2.14. The van der Waals surface area contributed by atoms with E-state index in [1.54, 1.807) is 0 Å². The first-order chi connectivity index (χ1) is 9.61. The molecule has 108 valence electrons. The summed E-state index contributed by atoms with van der Waals surface area (Å²) in [6.07, 6.45) is 2.65. The molecule has 0 fully saturated rings. The van der Waals surface area contributed by atoms with Gasteiger partial charge in [-0.1, -0.05) is 22.0 Å². The smallest absolute Gasteiger partial charge is 0.125 e. The molecule has 1 atom stereocenters. The van der Waals surface area contributed by atoms with E-state index in [2.05, 4.69) is 39.3 Å². The molecule has 1 heterocycles. The average molecular weight is 338 g/mol. The van der Waals surface area contributed by atoms with Crippen LogP contribution in [0, 0.1) is 0 Å². The standard InChI is InChI=1S/C15H20BrN3O/c1-11(17-2)14-5-4-12(16)10-15(14)20-9-7-13-6-8-18-19(13)3/h4-6,8,10-11,17H,7,9H2,1-3H3. The van der Waals surface area contributed by atoms with Crippen molar-refractivity contribution in [2.45, 2.75) is 19.4 Å². The van der Waals surface area contributed by atoms with Gasteiger partial charge in [-0.25, -0.2) is 0 Å². The van der Waals surface area contributed by atoms with E-state index >= 15 is 0 Å². The fourth-order valence-electron chi connectivity index (χ4n) is 2.06. The summed E-state index contributed by atoms with van der Waals surface area (Å²) in [7, 11) is 3.90. The van der Waals surface area contributed by atoms with Gasteiger partial charge in [0.15, 0.2) is 0 Å². The Balaban J connectivity index is 2.04. The third kappa shape index (κ3) is 3.61. The Kier molecular flexibility index (Phi) is 5.20. The molecule has 0 saturated heterocycles.